The van der Waals surface area contributed by atoms with Gasteiger partial charge in [0.2, 0.25) is 5.91 Å². The van der Waals surface area contributed by atoms with Crippen LogP contribution in [0.4, 0.5) is 0 Å². The summed E-state index contributed by atoms with van der Waals surface area (Å²) in [6.45, 7) is 0.976. The summed E-state index contributed by atoms with van der Waals surface area (Å²) in [5.74, 6) is 0.200. The number of nitrogens with one attached hydrogen (secondary N) is 2. The van der Waals surface area contributed by atoms with Gasteiger partial charge < -0.3 is 10.6 Å². The average molecular weight is 244 g/mol. The molecule has 0 aliphatic carbocycles. The maximum atomic E-state index is 12.4. The van der Waals surface area contributed by atoms with Crippen LogP contribution in [0.1, 0.15) is 43.7 Å². The van der Waals surface area contributed by atoms with Crippen molar-refractivity contribution in [2.24, 2.45) is 0 Å². The quantitative estimate of drug-likeness (QED) is 0.794. The van der Waals surface area contributed by atoms with Crippen LogP contribution in [0.3, 0.4) is 0 Å². The second-order valence-electron chi connectivity index (χ2n) is 5.44. The van der Waals surface area contributed by atoms with Gasteiger partial charge in [-0.25, -0.2) is 0 Å². The zero-order valence-electron chi connectivity index (χ0n) is 10.6. The molecule has 1 spiro atoms. The van der Waals surface area contributed by atoms with Gasteiger partial charge in [-0.15, -0.1) is 0 Å². The van der Waals surface area contributed by atoms with Crippen molar-refractivity contribution in [3.63, 3.8) is 0 Å². The third kappa shape index (κ3) is 2.03. The number of carbonyl (C=O) groups excluding carboxylic acids is 1. The largest absolute Gasteiger partial charge is 0.348 e. The Labute approximate surface area is 108 Å². The third-order valence-electron chi connectivity index (χ3n) is 4.28. The van der Waals surface area contributed by atoms with Crippen LogP contribution in [0.15, 0.2) is 30.3 Å². The normalized spacial score (nSPS) is 32.2. The lowest BCUT2D eigenvalue weighted by atomic mass is 9.91. The molecule has 0 aromatic heterocycles. The highest BCUT2D eigenvalue weighted by molar-refractivity contribution is 5.87. The fraction of sp³-hybridized carbons (Fsp3) is 0.533. The van der Waals surface area contributed by atoms with Gasteiger partial charge in [0.05, 0.1) is 11.6 Å². The Morgan fingerprint density at radius 2 is 1.89 bits per heavy atom. The molecular formula is C15H20N2O. The summed E-state index contributed by atoms with van der Waals surface area (Å²) in [7, 11) is 0. The molecule has 2 saturated heterocycles. The van der Waals surface area contributed by atoms with Gasteiger partial charge in [-0.3, -0.25) is 4.79 Å². The van der Waals surface area contributed by atoms with Crippen LogP contribution >= 0.6 is 0 Å². The Hall–Kier alpha value is -1.35. The molecule has 2 fully saturated rings. The summed E-state index contributed by atoms with van der Waals surface area (Å²) in [5, 5.41) is 6.65. The van der Waals surface area contributed by atoms with Crippen molar-refractivity contribution in [1.82, 2.24) is 10.6 Å². The predicted molar refractivity (Wildman–Crippen MR) is 71.1 cm³/mol. The van der Waals surface area contributed by atoms with Crippen molar-refractivity contribution in [1.29, 1.82) is 0 Å². The lowest BCUT2D eigenvalue weighted by molar-refractivity contribution is -0.127. The lowest BCUT2D eigenvalue weighted by Crippen LogP contribution is -2.52. The zero-order valence-corrected chi connectivity index (χ0v) is 10.6. The SMILES string of the molecule is O=C1NC(c2ccccc2)CCCC12CCCN2. The minimum Gasteiger partial charge on any atom is -0.348 e. The lowest BCUT2D eigenvalue weighted by Gasteiger charge is -2.26. The Kier molecular flexibility index (Phi) is 3.08. The molecule has 1 aromatic rings. The first-order valence-corrected chi connectivity index (χ1v) is 6.91. The summed E-state index contributed by atoms with van der Waals surface area (Å²) in [6.07, 6.45) is 5.22. The van der Waals surface area contributed by atoms with Crippen LogP contribution < -0.4 is 10.6 Å². The Bertz CT molecular complexity index is 423. The molecule has 3 rings (SSSR count). The van der Waals surface area contributed by atoms with Crippen molar-refractivity contribution in [3.8, 4) is 0 Å². The number of benzene rings is 1. The van der Waals surface area contributed by atoms with Crippen LogP contribution in [0.5, 0.6) is 0 Å². The molecule has 0 bridgehead atoms. The Balaban J connectivity index is 1.80. The summed E-state index contributed by atoms with van der Waals surface area (Å²) in [5.41, 5.74) is 0.949. The van der Waals surface area contributed by atoms with Crippen LogP contribution in [-0.2, 0) is 4.79 Å². The monoisotopic (exact) mass is 244 g/mol. The molecule has 1 amide bonds. The number of hydrogen-bond acceptors (Lipinski definition) is 2. The first kappa shape index (κ1) is 11.7. The molecule has 2 heterocycles. The Morgan fingerprint density at radius 1 is 1.11 bits per heavy atom. The van der Waals surface area contributed by atoms with Crippen molar-refractivity contribution < 1.29 is 4.79 Å². The summed E-state index contributed by atoms with van der Waals surface area (Å²) >= 11 is 0. The van der Waals surface area contributed by atoms with Gasteiger partial charge in [0, 0.05) is 0 Å². The van der Waals surface area contributed by atoms with E-state index in [4.69, 9.17) is 0 Å². The number of rotatable bonds is 1. The zero-order chi connectivity index (χ0) is 12.4. The second kappa shape index (κ2) is 4.73. The number of carbonyl (C=O) groups is 1. The van der Waals surface area contributed by atoms with E-state index in [9.17, 15) is 4.79 Å². The van der Waals surface area contributed by atoms with E-state index in [1.54, 1.807) is 0 Å². The number of amides is 1. The molecule has 2 N–H and O–H groups in total. The molecule has 2 aliphatic rings. The average Bonchev–Trinajstić information content (AvgIpc) is 2.82. The molecule has 3 heteroatoms. The van der Waals surface area contributed by atoms with Gasteiger partial charge in [-0.2, -0.15) is 0 Å². The first-order chi connectivity index (χ1) is 8.80. The summed E-state index contributed by atoms with van der Waals surface area (Å²) in [6, 6.07) is 10.5. The topological polar surface area (TPSA) is 41.1 Å². The van der Waals surface area contributed by atoms with E-state index >= 15 is 0 Å². The molecule has 2 aliphatic heterocycles. The van der Waals surface area contributed by atoms with E-state index in [0.717, 1.165) is 38.6 Å². The van der Waals surface area contributed by atoms with Gasteiger partial charge in [0.25, 0.3) is 0 Å². The van der Waals surface area contributed by atoms with E-state index in [1.165, 1.54) is 5.56 Å². The highest BCUT2D eigenvalue weighted by atomic mass is 16.2. The minimum absolute atomic E-state index is 0.181. The summed E-state index contributed by atoms with van der Waals surface area (Å²) < 4.78 is 0. The van der Waals surface area contributed by atoms with Crippen LogP contribution in [0.25, 0.3) is 0 Å². The fourth-order valence-electron chi connectivity index (χ4n) is 3.24. The minimum atomic E-state index is -0.274. The van der Waals surface area contributed by atoms with Crippen LogP contribution in [0.2, 0.25) is 0 Å². The fourth-order valence-corrected chi connectivity index (χ4v) is 3.24. The van der Waals surface area contributed by atoms with E-state index in [2.05, 4.69) is 22.8 Å². The molecule has 1 aromatic carbocycles. The summed E-state index contributed by atoms with van der Waals surface area (Å²) in [4.78, 5) is 12.4. The smallest absolute Gasteiger partial charge is 0.240 e. The molecule has 2 atom stereocenters. The van der Waals surface area contributed by atoms with Crippen molar-refractivity contribution in [2.75, 3.05) is 6.54 Å². The molecular weight excluding hydrogens is 224 g/mol. The highest BCUT2D eigenvalue weighted by Gasteiger charge is 2.42. The molecule has 96 valence electrons. The van der Waals surface area contributed by atoms with Crippen LogP contribution in [-0.4, -0.2) is 18.0 Å². The second-order valence-corrected chi connectivity index (χ2v) is 5.44. The van der Waals surface area contributed by atoms with E-state index in [1.807, 2.05) is 18.2 Å². The molecule has 0 radical (unpaired) electrons. The van der Waals surface area contributed by atoms with Crippen molar-refractivity contribution >= 4 is 5.91 Å². The first-order valence-electron chi connectivity index (χ1n) is 6.91. The van der Waals surface area contributed by atoms with Gasteiger partial charge in [-0.05, 0) is 44.2 Å². The highest BCUT2D eigenvalue weighted by Crippen LogP contribution is 2.32. The van der Waals surface area contributed by atoms with Crippen LogP contribution in [0, 0.1) is 0 Å². The maximum absolute atomic E-state index is 12.4. The number of hydrogen-bond donors (Lipinski definition) is 2. The van der Waals surface area contributed by atoms with E-state index < -0.39 is 0 Å². The molecule has 2 unspecified atom stereocenters. The van der Waals surface area contributed by atoms with E-state index in [0.29, 0.717) is 0 Å². The molecule has 3 nitrogen and oxygen atoms in total. The third-order valence-corrected chi connectivity index (χ3v) is 4.28. The van der Waals surface area contributed by atoms with Crippen molar-refractivity contribution in [3.05, 3.63) is 35.9 Å². The van der Waals surface area contributed by atoms with Crippen molar-refractivity contribution in [2.45, 2.75) is 43.7 Å². The van der Waals surface area contributed by atoms with Gasteiger partial charge in [0.1, 0.15) is 0 Å². The predicted octanol–water partition coefficient (Wildman–Crippen LogP) is 2.15. The van der Waals surface area contributed by atoms with E-state index in [-0.39, 0.29) is 17.5 Å². The van der Waals surface area contributed by atoms with Gasteiger partial charge in [0.15, 0.2) is 0 Å². The molecule has 18 heavy (non-hydrogen) atoms. The van der Waals surface area contributed by atoms with Gasteiger partial charge in [-0.1, -0.05) is 30.3 Å². The molecule has 0 saturated carbocycles. The standard InChI is InChI=1S/C15H20N2O/c18-14-15(10-5-11-16-15)9-4-8-13(17-14)12-6-2-1-3-7-12/h1-3,6-7,13,16H,4-5,8-11H2,(H,17,18). The Morgan fingerprint density at radius 3 is 2.61 bits per heavy atom. The van der Waals surface area contributed by atoms with Gasteiger partial charge >= 0.3 is 0 Å². The maximum Gasteiger partial charge on any atom is 0.240 e.